The summed E-state index contributed by atoms with van der Waals surface area (Å²) in [7, 11) is 0. The summed E-state index contributed by atoms with van der Waals surface area (Å²) in [4.78, 5) is 12.5. The second kappa shape index (κ2) is 6.68. The van der Waals surface area contributed by atoms with Crippen LogP contribution in [-0.4, -0.2) is 11.5 Å². The highest BCUT2D eigenvalue weighted by molar-refractivity contribution is 6.30. The van der Waals surface area contributed by atoms with E-state index in [1.54, 1.807) is 12.1 Å². The fourth-order valence-corrected chi connectivity index (χ4v) is 3.33. The number of hydrogen-bond donors (Lipinski definition) is 1. The molecule has 0 bridgehead atoms. The van der Waals surface area contributed by atoms with E-state index >= 15 is 0 Å². The van der Waals surface area contributed by atoms with Crippen molar-refractivity contribution in [3.05, 3.63) is 63.9 Å². The lowest BCUT2D eigenvalue weighted by Gasteiger charge is -2.38. The first-order valence-electron chi connectivity index (χ1n) is 8.26. The number of rotatable bonds is 3. The third-order valence-electron chi connectivity index (χ3n) is 4.33. The van der Waals surface area contributed by atoms with E-state index in [1.807, 2.05) is 39.0 Å². The van der Waals surface area contributed by atoms with Gasteiger partial charge in [-0.15, -0.1) is 0 Å². The van der Waals surface area contributed by atoms with Crippen molar-refractivity contribution < 1.29 is 13.9 Å². The molecule has 1 aliphatic rings. The van der Waals surface area contributed by atoms with E-state index in [0.29, 0.717) is 17.0 Å². The smallest absolute Gasteiger partial charge is 0.225 e. The minimum Gasteiger partial charge on any atom is -0.487 e. The Morgan fingerprint density at radius 1 is 1.32 bits per heavy atom. The number of benzene rings is 2. The maximum atomic E-state index is 13.9. The number of fused-ring (bicyclic) bond motifs is 1. The summed E-state index contributed by atoms with van der Waals surface area (Å²) in [5.74, 6) is 0.0978. The molecule has 1 N–H and O–H groups in total. The summed E-state index contributed by atoms with van der Waals surface area (Å²) in [5, 5.41) is 3.34. The van der Waals surface area contributed by atoms with Crippen LogP contribution in [0.5, 0.6) is 5.75 Å². The number of amides is 1. The van der Waals surface area contributed by atoms with Crippen LogP contribution < -0.4 is 10.1 Å². The van der Waals surface area contributed by atoms with Gasteiger partial charge in [0.1, 0.15) is 17.2 Å². The maximum Gasteiger partial charge on any atom is 0.225 e. The second-order valence-electron chi connectivity index (χ2n) is 7.14. The van der Waals surface area contributed by atoms with Crippen molar-refractivity contribution in [3.8, 4) is 5.75 Å². The molecule has 1 heterocycles. The predicted octanol–water partition coefficient (Wildman–Crippen LogP) is 4.75. The molecule has 0 radical (unpaired) electrons. The monoisotopic (exact) mass is 361 g/mol. The molecule has 0 aliphatic carbocycles. The van der Waals surface area contributed by atoms with Gasteiger partial charge in [-0.2, -0.15) is 0 Å². The normalized spacial score (nSPS) is 18.2. The highest BCUT2D eigenvalue weighted by Crippen LogP contribution is 2.39. The number of nitrogens with one attached hydrogen (secondary N) is 1. The molecule has 132 valence electrons. The Balaban J connectivity index is 1.79. The van der Waals surface area contributed by atoms with Crippen molar-refractivity contribution in [2.75, 3.05) is 0 Å². The van der Waals surface area contributed by atoms with Crippen LogP contribution in [0.2, 0.25) is 5.02 Å². The Bertz CT molecular complexity index is 819. The average molecular weight is 362 g/mol. The van der Waals surface area contributed by atoms with Crippen molar-refractivity contribution in [2.24, 2.45) is 0 Å². The fraction of sp³-hybridized carbons (Fsp3) is 0.350. The van der Waals surface area contributed by atoms with Gasteiger partial charge in [-0.3, -0.25) is 4.79 Å². The zero-order valence-electron chi connectivity index (χ0n) is 14.5. The summed E-state index contributed by atoms with van der Waals surface area (Å²) >= 11 is 5.76. The molecule has 2 aromatic carbocycles. The first-order valence-corrected chi connectivity index (χ1v) is 8.64. The van der Waals surface area contributed by atoms with Crippen LogP contribution in [0.4, 0.5) is 4.39 Å². The quantitative estimate of drug-likeness (QED) is 0.856. The zero-order chi connectivity index (χ0) is 18.2. The van der Waals surface area contributed by atoms with E-state index in [4.69, 9.17) is 16.3 Å². The van der Waals surface area contributed by atoms with Crippen molar-refractivity contribution in [1.29, 1.82) is 0 Å². The van der Waals surface area contributed by atoms with E-state index in [2.05, 4.69) is 5.32 Å². The summed E-state index contributed by atoms with van der Waals surface area (Å²) in [6, 6.07) is 10.1. The first kappa shape index (κ1) is 17.7. The highest BCUT2D eigenvalue weighted by Gasteiger charge is 2.34. The molecule has 0 saturated heterocycles. The molecule has 3 rings (SSSR count). The lowest BCUT2D eigenvalue weighted by atomic mass is 9.89. The topological polar surface area (TPSA) is 38.3 Å². The fourth-order valence-electron chi connectivity index (χ4n) is 3.17. The molecule has 3 nitrogen and oxygen atoms in total. The molecule has 2 aromatic rings. The third-order valence-corrected chi connectivity index (χ3v) is 4.56. The molecule has 0 saturated carbocycles. The molecule has 0 fully saturated rings. The largest absolute Gasteiger partial charge is 0.487 e. The Labute approximate surface area is 152 Å². The molecule has 1 atom stereocenters. The van der Waals surface area contributed by atoms with E-state index in [0.717, 1.165) is 16.9 Å². The number of hydrogen-bond acceptors (Lipinski definition) is 2. The van der Waals surface area contributed by atoms with Gasteiger partial charge in [0.15, 0.2) is 0 Å². The highest BCUT2D eigenvalue weighted by atomic mass is 35.5. The molecule has 5 heteroatoms. The van der Waals surface area contributed by atoms with Crippen LogP contribution >= 0.6 is 11.6 Å². The van der Waals surface area contributed by atoms with Crippen molar-refractivity contribution in [1.82, 2.24) is 5.32 Å². The molecular formula is C20H21ClFNO2. The Morgan fingerprint density at radius 2 is 2.08 bits per heavy atom. The average Bonchev–Trinajstić information content (AvgIpc) is 2.48. The molecule has 25 heavy (non-hydrogen) atoms. The van der Waals surface area contributed by atoms with Gasteiger partial charge in [-0.25, -0.2) is 4.39 Å². The second-order valence-corrected chi connectivity index (χ2v) is 7.58. The molecule has 1 aliphatic heterocycles. The van der Waals surface area contributed by atoms with Gasteiger partial charge in [0, 0.05) is 17.0 Å². The molecule has 1 amide bonds. The Hall–Kier alpha value is -2.07. The number of halogens is 2. The standard InChI is InChI=1S/C20H21ClFNO2/c1-12-4-7-15-17(11-20(2,3)25-18(15)8-12)23-19(24)9-13-5-6-14(21)10-16(13)22/h4-8,10,17H,9,11H2,1-3H3,(H,23,24)/t17-/m0/s1. The molecule has 0 unspecified atom stereocenters. The van der Waals surface area contributed by atoms with Gasteiger partial charge in [0.2, 0.25) is 5.91 Å². The van der Waals surface area contributed by atoms with Crippen LogP contribution in [0.25, 0.3) is 0 Å². The summed E-state index contributed by atoms with van der Waals surface area (Å²) in [6.07, 6.45) is 0.625. The Morgan fingerprint density at radius 3 is 2.80 bits per heavy atom. The Kier molecular flexibility index (Phi) is 4.74. The number of carbonyl (C=O) groups is 1. The third kappa shape index (κ3) is 4.13. The lowest BCUT2D eigenvalue weighted by molar-refractivity contribution is -0.121. The number of ether oxygens (including phenoxy) is 1. The van der Waals surface area contributed by atoms with E-state index in [1.165, 1.54) is 6.07 Å². The van der Waals surface area contributed by atoms with Gasteiger partial charge >= 0.3 is 0 Å². The first-order chi connectivity index (χ1) is 11.7. The molecule has 0 aromatic heterocycles. The van der Waals surface area contributed by atoms with Crippen molar-refractivity contribution in [3.63, 3.8) is 0 Å². The summed E-state index contributed by atoms with van der Waals surface area (Å²) in [5.41, 5.74) is 2.00. The summed E-state index contributed by atoms with van der Waals surface area (Å²) < 4.78 is 19.9. The zero-order valence-corrected chi connectivity index (χ0v) is 15.3. The van der Waals surface area contributed by atoms with Crippen LogP contribution in [0.1, 0.15) is 43.0 Å². The SMILES string of the molecule is Cc1ccc2c(c1)OC(C)(C)C[C@@H]2NC(=O)Cc1ccc(Cl)cc1F. The van der Waals surface area contributed by atoms with E-state index < -0.39 is 5.82 Å². The minimum atomic E-state index is -0.467. The number of aryl methyl sites for hydroxylation is 1. The van der Waals surface area contributed by atoms with Crippen molar-refractivity contribution >= 4 is 17.5 Å². The molecular weight excluding hydrogens is 341 g/mol. The number of carbonyl (C=O) groups excluding carboxylic acids is 1. The van der Waals surface area contributed by atoms with Crippen molar-refractivity contribution in [2.45, 2.75) is 45.3 Å². The van der Waals surface area contributed by atoms with Gasteiger partial charge in [-0.05, 0) is 50.1 Å². The van der Waals surface area contributed by atoms with Crippen LogP contribution in [-0.2, 0) is 11.2 Å². The van der Waals surface area contributed by atoms with Gasteiger partial charge in [0.25, 0.3) is 0 Å². The minimum absolute atomic E-state index is 0.0258. The van der Waals surface area contributed by atoms with E-state index in [9.17, 15) is 9.18 Å². The van der Waals surface area contributed by atoms with Crippen LogP contribution in [0.3, 0.4) is 0 Å². The van der Waals surface area contributed by atoms with Gasteiger partial charge in [-0.1, -0.05) is 29.8 Å². The van der Waals surface area contributed by atoms with Gasteiger partial charge < -0.3 is 10.1 Å². The van der Waals surface area contributed by atoms with Crippen LogP contribution in [0, 0.1) is 12.7 Å². The molecule has 0 spiro atoms. The maximum absolute atomic E-state index is 13.9. The van der Waals surface area contributed by atoms with E-state index in [-0.39, 0.29) is 24.0 Å². The predicted molar refractivity (Wildman–Crippen MR) is 96.5 cm³/mol. The summed E-state index contributed by atoms with van der Waals surface area (Å²) in [6.45, 7) is 5.99. The van der Waals surface area contributed by atoms with Crippen LogP contribution in [0.15, 0.2) is 36.4 Å². The van der Waals surface area contributed by atoms with Gasteiger partial charge in [0.05, 0.1) is 12.5 Å². The lowest BCUT2D eigenvalue weighted by Crippen LogP contribution is -2.41.